The molecule has 1 heterocycles. The van der Waals surface area contributed by atoms with Crippen molar-refractivity contribution < 1.29 is 14.6 Å². The highest BCUT2D eigenvalue weighted by molar-refractivity contribution is 5.94. The van der Waals surface area contributed by atoms with E-state index in [0.29, 0.717) is 17.9 Å². The summed E-state index contributed by atoms with van der Waals surface area (Å²) in [7, 11) is 0. The van der Waals surface area contributed by atoms with Gasteiger partial charge in [0.2, 0.25) is 0 Å². The van der Waals surface area contributed by atoms with E-state index in [1.165, 1.54) is 42.6 Å². The SMILES string of the molecule is O=C(NC1CCc2cc(CN3CCCC3)ccc2C1)c1ccc(OCC2(O)CCC2)cc1. The molecule has 1 aliphatic heterocycles. The number of aliphatic hydroxyl groups is 1. The molecule has 2 aromatic rings. The van der Waals surface area contributed by atoms with Gasteiger partial charge in [-0.15, -0.1) is 0 Å². The van der Waals surface area contributed by atoms with E-state index in [2.05, 4.69) is 28.4 Å². The zero-order valence-electron chi connectivity index (χ0n) is 18.8. The number of benzene rings is 2. The molecule has 0 radical (unpaired) electrons. The van der Waals surface area contributed by atoms with Gasteiger partial charge >= 0.3 is 0 Å². The number of fused-ring (bicyclic) bond motifs is 1. The number of aryl methyl sites for hydroxylation is 1. The Morgan fingerprint density at radius 2 is 1.84 bits per heavy atom. The number of rotatable bonds is 7. The Morgan fingerprint density at radius 1 is 1.06 bits per heavy atom. The smallest absolute Gasteiger partial charge is 0.251 e. The van der Waals surface area contributed by atoms with Crippen molar-refractivity contribution in [3.05, 3.63) is 64.7 Å². The Balaban J connectivity index is 1.13. The van der Waals surface area contributed by atoms with Crippen LogP contribution in [0, 0.1) is 0 Å². The zero-order valence-corrected chi connectivity index (χ0v) is 18.8. The topological polar surface area (TPSA) is 61.8 Å². The Hall–Kier alpha value is -2.37. The van der Waals surface area contributed by atoms with Gasteiger partial charge in [-0.3, -0.25) is 9.69 Å². The molecule has 1 amide bonds. The monoisotopic (exact) mass is 434 g/mol. The molecule has 0 aromatic heterocycles. The maximum Gasteiger partial charge on any atom is 0.251 e. The molecule has 2 N–H and O–H groups in total. The van der Waals surface area contributed by atoms with Crippen LogP contribution in [0.1, 0.15) is 65.6 Å². The quantitative estimate of drug-likeness (QED) is 0.695. The number of carbonyl (C=O) groups excluding carboxylic acids is 1. The zero-order chi connectivity index (χ0) is 22.0. The molecule has 2 aromatic carbocycles. The number of hydrogen-bond donors (Lipinski definition) is 2. The van der Waals surface area contributed by atoms with Crippen molar-refractivity contribution in [2.45, 2.75) is 69.6 Å². The lowest BCUT2D eigenvalue weighted by Crippen LogP contribution is -2.42. The van der Waals surface area contributed by atoms with Crippen LogP contribution in [0.25, 0.3) is 0 Å². The van der Waals surface area contributed by atoms with Gasteiger partial charge in [-0.25, -0.2) is 0 Å². The largest absolute Gasteiger partial charge is 0.491 e. The van der Waals surface area contributed by atoms with Crippen LogP contribution in [0.5, 0.6) is 5.75 Å². The summed E-state index contributed by atoms with van der Waals surface area (Å²) in [6, 6.07) is 14.3. The molecule has 1 saturated heterocycles. The third-order valence-corrected chi connectivity index (χ3v) is 7.35. The summed E-state index contributed by atoms with van der Waals surface area (Å²) in [4.78, 5) is 15.3. The summed E-state index contributed by atoms with van der Waals surface area (Å²) in [5.41, 5.74) is 4.21. The summed E-state index contributed by atoms with van der Waals surface area (Å²) in [5, 5.41) is 13.4. The fourth-order valence-corrected chi connectivity index (χ4v) is 5.15. The molecule has 1 atom stereocenters. The van der Waals surface area contributed by atoms with Crippen LogP contribution in [0.3, 0.4) is 0 Å². The fraction of sp³-hybridized carbons (Fsp3) is 0.519. The van der Waals surface area contributed by atoms with E-state index in [9.17, 15) is 9.90 Å². The van der Waals surface area contributed by atoms with E-state index >= 15 is 0 Å². The minimum Gasteiger partial charge on any atom is -0.491 e. The lowest BCUT2D eigenvalue weighted by molar-refractivity contribution is -0.0663. The maximum atomic E-state index is 12.8. The van der Waals surface area contributed by atoms with Crippen molar-refractivity contribution in [3.63, 3.8) is 0 Å². The first kappa shape index (κ1) is 21.5. The van der Waals surface area contributed by atoms with Crippen molar-refractivity contribution in [3.8, 4) is 5.75 Å². The average Bonchev–Trinajstić information content (AvgIpc) is 3.30. The summed E-state index contributed by atoms with van der Waals surface area (Å²) < 4.78 is 5.70. The van der Waals surface area contributed by atoms with Crippen LogP contribution in [0.4, 0.5) is 0 Å². The molecular formula is C27H34N2O3. The second-order valence-corrected chi connectivity index (χ2v) is 9.89. The number of ether oxygens (including phenoxy) is 1. The van der Waals surface area contributed by atoms with Gasteiger partial charge in [0.25, 0.3) is 5.91 Å². The Bertz CT molecular complexity index is 946. The van der Waals surface area contributed by atoms with Crippen LogP contribution in [0.15, 0.2) is 42.5 Å². The summed E-state index contributed by atoms with van der Waals surface area (Å²) >= 11 is 0. The molecule has 5 heteroatoms. The molecule has 1 unspecified atom stereocenters. The molecule has 170 valence electrons. The lowest BCUT2D eigenvalue weighted by atomic mass is 9.81. The molecule has 2 aliphatic carbocycles. The normalized spacial score (nSPS) is 22.1. The molecule has 5 nitrogen and oxygen atoms in total. The predicted octanol–water partition coefficient (Wildman–Crippen LogP) is 3.86. The molecular weight excluding hydrogens is 400 g/mol. The summed E-state index contributed by atoms with van der Waals surface area (Å²) in [6.07, 6.45) is 8.21. The first-order valence-corrected chi connectivity index (χ1v) is 12.2. The van der Waals surface area contributed by atoms with Crippen LogP contribution in [0.2, 0.25) is 0 Å². The number of likely N-dealkylation sites (tertiary alicyclic amines) is 1. The van der Waals surface area contributed by atoms with Crippen molar-refractivity contribution in [2.24, 2.45) is 0 Å². The highest BCUT2D eigenvalue weighted by Crippen LogP contribution is 2.32. The molecule has 3 aliphatic rings. The van der Waals surface area contributed by atoms with Crippen molar-refractivity contribution in [1.82, 2.24) is 10.2 Å². The second kappa shape index (κ2) is 9.24. The third-order valence-electron chi connectivity index (χ3n) is 7.35. The second-order valence-electron chi connectivity index (χ2n) is 9.89. The molecule has 1 saturated carbocycles. The van der Waals surface area contributed by atoms with E-state index in [-0.39, 0.29) is 11.9 Å². The van der Waals surface area contributed by atoms with Gasteiger partial charge in [0.15, 0.2) is 0 Å². The van der Waals surface area contributed by atoms with Gasteiger partial charge in [-0.05, 0) is 105 Å². The molecule has 0 spiro atoms. The van der Waals surface area contributed by atoms with Gasteiger partial charge in [0.05, 0.1) is 5.60 Å². The third kappa shape index (κ3) is 5.00. The highest BCUT2D eigenvalue weighted by Gasteiger charge is 2.35. The Morgan fingerprint density at radius 3 is 2.56 bits per heavy atom. The number of amides is 1. The Kier molecular flexibility index (Phi) is 6.20. The first-order valence-electron chi connectivity index (χ1n) is 12.2. The van der Waals surface area contributed by atoms with Crippen LogP contribution >= 0.6 is 0 Å². The van der Waals surface area contributed by atoms with Gasteiger partial charge in [0, 0.05) is 18.2 Å². The van der Waals surface area contributed by atoms with Gasteiger partial charge in [-0.1, -0.05) is 18.2 Å². The van der Waals surface area contributed by atoms with E-state index in [1.807, 2.05) is 12.1 Å². The minimum absolute atomic E-state index is 0.0340. The van der Waals surface area contributed by atoms with Gasteiger partial charge in [0.1, 0.15) is 12.4 Å². The van der Waals surface area contributed by atoms with Crippen molar-refractivity contribution in [2.75, 3.05) is 19.7 Å². The number of carbonyl (C=O) groups is 1. The number of nitrogens with zero attached hydrogens (tertiary/aromatic N) is 1. The van der Waals surface area contributed by atoms with Crippen LogP contribution in [-0.4, -0.2) is 47.3 Å². The van der Waals surface area contributed by atoms with Gasteiger partial charge in [-0.2, -0.15) is 0 Å². The fourth-order valence-electron chi connectivity index (χ4n) is 5.15. The van der Waals surface area contributed by atoms with E-state index in [0.717, 1.165) is 45.1 Å². The average molecular weight is 435 g/mol. The van der Waals surface area contributed by atoms with Crippen molar-refractivity contribution >= 4 is 5.91 Å². The predicted molar refractivity (Wildman–Crippen MR) is 125 cm³/mol. The molecule has 5 rings (SSSR count). The highest BCUT2D eigenvalue weighted by atomic mass is 16.5. The van der Waals surface area contributed by atoms with Crippen LogP contribution < -0.4 is 10.1 Å². The number of hydrogen-bond acceptors (Lipinski definition) is 4. The Labute approximate surface area is 190 Å². The molecule has 2 fully saturated rings. The van der Waals surface area contributed by atoms with E-state index in [1.54, 1.807) is 12.1 Å². The van der Waals surface area contributed by atoms with Gasteiger partial charge < -0.3 is 15.2 Å². The van der Waals surface area contributed by atoms with Crippen molar-refractivity contribution in [1.29, 1.82) is 0 Å². The molecule has 32 heavy (non-hydrogen) atoms. The summed E-state index contributed by atoms with van der Waals surface area (Å²) in [6.45, 7) is 3.83. The van der Waals surface area contributed by atoms with E-state index < -0.39 is 5.60 Å². The van der Waals surface area contributed by atoms with Crippen LogP contribution in [-0.2, 0) is 19.4 Å². The maximum absolute atomic E-state index is 12.8. The minimum atomic E-state index is -0.664. The lowest BCUT2D eigenvalue weighted by Gasteiger charge is -2.35. The summed E-state index contributed by atoms with van der Waals surface area (Å²) in [5.74, 6) is 0.659. The molecule has 0 bridgehead atoms. The van der Waals surface area contributed by atoms with E-state index in [4.69, 9.17) is 4.74 Å². The first-order chi connectivity index (χ1) is 15.6. The standard InChI is InChI=1S/C27H34N2O3/c30-26(21-7-10-25(11-8-21)32-19-27(31)12-3-13-27)28-24-9-6-22-16-20(4-5-23(22)17-24)18-29-14-1-2-15-29/h4-5,7-8,10-11,16,24,31H,1-3,6,9,12-15,17-19H2,(H,28,30). The number of nitrogens with one attached hydrogen (secondary N) is 1.